The van der Waals surface area contributed by atoms with E-state index in [1.54, 1.807) is 19.4 Å². The van der Waals surface area contributed by atoms with Crippen molar-refractivity contribution < 1.29 is 14.3 Å². The molecule has 1 aromatic carbocycles. The number of amides is 2. The molecule has 2 N–H and O–H groups in total. The molecule has 0 fully saturated rings. The Bertz CT molecular complexity index is 703. The second kappa shape index (κ2) is 11.0. The molecule has 0 atom stereocenters. The summed E-state index contributed by atoms with van der Waals surface area (Å²) in [6, 6.07) is 10.9. The first-order valence-electron chi connectivity index (χ1n) is 9.12. The van der Waals surface area contributed by atoms with Crippen LogP contribution in [-0.4, -0.2) is 44.4 Å². The summed E-state index contributed by atoms with van der Waals surface area (Å²) in [6.07, 6.45) is 1.79. The fourth-order valence-electron chi connectivity index (χ4n) is 2.52. The lowest BCUT2D eigenvalue weighted by Crippen LogP contribution is -2.28. The van der Waals surface area contributed by atoms with E-state index in [1.807, 2.05) is 30.3 Å². The van der Waals surface area contributed by atoms with Gasteiger partial charge in [-0.3, -0.25) is 0 Å². The summed E-state index contributed by atoms with van der Waals surface area (Å²) in [4.78, 5) is 18.7. The van der Waals surface area contributed by atoms with Gasteiger partial charge in [0.1, 0.15) is 18.2 Å². The standard InChI is InChI=1S/C20H28N4O3/c1-4-24(5-2)19-10-9-16(14-21-19)15-22-20(25)23-17-7-6-8-18(13-17)27-12-11-26-3/h6-10,13-14H,4-5,11-12,15H2,1-3H3,(H2,22,23,25). The maximum Gasteiger partial charge on any atom is 0.319 e. The van der Waals surface area contributed by atoms with Crippen LogP contribution in [0.25, 0.3) is 0 Å². The maximum absolute atomic E-state index is 12.1. The van der Waals surface area contributed by atoms with Crippen molar-refractivity contribution in [2.45, 2.75) is 20.4 Å². The third-order valence-corrected chi connectivity index (χ3v) is 4.00. The average molecular weight is 372 g/mol. The zero-order valence-corrected chi connectivity index (χ0v) is 16.2. The summed E-state index contributed by atoms with van der Waals surface area (Å²) in [6.45, 7) is 7.41. The van der Waals surface area contributed by atoms with Gasteiger partial charge in [-0.1, -0.05) is 12.1 Å². The summed E-state index contributed by atoms with van der Waals surface area (Å²) < 4.78 is 10.5. The third-order valence-electron chi connectivity index (χ3n) is 4.00. The third kappa shape index (κ3) is 6.79. The highest BCUT2D eigenvalue weighted by molar-refractivity contribution is 5.89. The Morgan fingerprint density at radius 1 is 1.15 bits per heavy atom. The normalized spacial score (nSPS) is 10.3. The van der Waals surface area contributed by atoms with E-state index in [1.165, 1.54) is 0 Å². The molecule has 1 heterocycles. The van der Waals surface area contributed by atoms with Gasteiger partial charge in [-0.2, -0.15) is 0 Å². The largest absolute Gasteiger partial charge is 0.491 e. The molecule has 0 aliphatic carbocycles. The van der Waals surface area contributed by atoms with Gasteiger partial charge in [-0.15, -0.1) is 0 Å². The van der Waals surface area contributed by atoms with Crippen LogP contribution in [0.4, 0.5) is 16.3 Å². The molecule has 0 spiro atoms. The highest BCUT2D eigenvalue weighted by Gasteiger charge is 2.05. The number of anilines is 2. The van der Waals surface area contributed by atoms with Crippen molar-refractivity contribution in [2.75, 3.05) is 43.6 Å². The first-order valence-corrected chi connectivity index (χ1v) is 9.12. The topological polar surface area (TPSA) is 75.7 Å². The number of aromatic nitrogens is 1. The molecule has 27 heavy (non-hydrogen) atoms. The van der Waals surface area contributed by atoms with E-state index in [4.69, 9.17) is 9.47 Å². The summed E-state index contributed by atoms with van der Waals surface area (Å²) in [5.74, 6) is 1.62. The number of carbonyl (C=O) groups excluding carboxylic acids is 1. The molecule has 0 radical (unpaired) electrons. The molecule has 0 saturated carbocycles. The van der Waals surface area contributed by atoms with Crippen LogP contribution in [-0.2, 0) is 11.3 Å². The van der Waals surface area contributed by atoms with Gasteiger partial charge >= 0.3 is 6.03 Å². The van der Waals surface area contributed by atoms with E-state index >= 15 is 0 Å². The number of hydrogen-bond acceptors (Lipinski definition) is 5. The molecule has 7 heteroatoms. The van der Waals surface area contributed by atoms with E-state index in [9.17, 15) is 4.79 Å². The highest BCUT2D eigenvalue weighted by Crippen LogP contribution is 2.17. The number of benzene rings is 1. The Labute approximate surface area is 160 Å². The van der Waals surface area contributed by atoms with Gasteiger partial charge in [0.15, 0.2) is 0 Å². The van der Waals surface area contributed by atoms with Crippen LogP contribution < -0.4 is 20.3 Å². The van der Waals surface area contributed by atoms with Crippen LogP contribution >= 0.6 is 0 Å². The second-order valence-electron chi connectivity index (χ2n) is 5.87. The van der Waals surface area contributed by atoms with Gasteiger partial charge in [0.25, 0.3) is 0 Å². The Morgan fingerprint density at radius 3 is 2.63 bits per heavy atom. The number of hydrogen-bond donors (Lipinski definition) is 2. The van der Waals surface area contributed by atoms with Gasteiger partial charge in [-0.25, -0.2) is 9.78 Å². The van der Waals surface area contributed by atoms with Crippen LogP contribution in [0.3, 0.4) is 0 Å². The quantitative estimate of drug-likeness (QED) is 0.626. The molecule has 0 unspecified atom stereocenters. The number of pyridine rings is 1. The Kier molecular flexibility index (Phi) is 8.38. The van der Waals surface area contributed by atoms with Crippen molar-refractivity contribution in [3.05, 3.63) is 48.2 Å². The molecule has 0 aliphatic heterocycles. The second-order valence-corrected chi connectivity index (χ2v) is 5.87. The molecule has 0 aliphatic rings. The zero-order valence-electron chi connectivity index (χ0n) is 16.2. The lowest BCUT2D eigenvalue weighted by atomic mass is 10.2. The van der Waals surface area contributed by atoms with E-state index in [2.05, 4.69) is 34.4 Å². The smallest absolute Gasteiger partial charge is 0.319 e. The van der Waals surface area contributed by atoms with Gasteiger partial charge in [0, 0.05) is 44.7 Å². The number of ether oxygens (including phenoxy) is 2. The van der Waals surface area contributed by atoms with E-state index in [0.717, 1.165) is 24.5 Å². The summed E-state index contributed by atoms with van der Waals surface area (Å²) >= 11 is 0. The molecule has 0 bridgehead atoms. The lowest BCUT2D eigenvalue weighted by molar-refractivity contribution is 0.146. The van der Waals surface area contributed by atoms with Crippen molar-refractivity contribution in [3.8, 4) is 5.75 Å². The predicted octanol–water partition coefficient (Wildman–Crippen LogP) is 3.27. The van der Waals surface area contributed by atoms with Crippen molar-refractivity contribution in [3.63, 3.8) is 0 Å². The van der Waals surface area contributed by atoms with Crippen LogP contribution in [0.1, 0.15) is 19.4 Å². The SMILES string of the molecule is CCN(CC)c1ccc(CNC(=O)Nc2cccc(OCCOC)c2)cn1. The van der Waals surface area contributed by atoms with Gasteiger partial charge in [-0.05, 0) is 37.6 Å². The van der Waals surface area contributed by atoms with Gasteiger partial charge in [0.05, 0.1) is 6.61 Å². The number of urea groups is 1. The van der Waals surface area contributed by atoms with Crippen LogP contribution in [0.2, 0.25) is 0 Å². The predicted molar refractivity (Wildman–Crippen MR) is 107 cm³/mol. The highest BCUT2D eigenvalue weighted by atomic mass is 16.5. The number of carbonyl (C=O) groups is 1. The molecule has 7 nitrogen and oxygen atoms in total. The first-order chi connectivity index (χ1) is 13.2. The van der Waals surface area contributed by atoms with Crippen molar-refractivity contribution >= 4 is 17.5 Å². The minimum atomic E-state index is -0.281. The molecule has 1 aromatic heterocycles. The molecule has 2 amide bonds. The molecule has 146 valence electrons. The number of nitrogens with zero attached hydrogens (tertiary/aromatic N) is 2. The van der Waals surface area contributed by atoms with Gasteiger partial charge < -0.3 is 25.0 Å². The molecular formula is C20H28N4O3. The Morgan fingerprint density at radius 2 is 1.96 bits per heavy atom. The average Bonchev–Trinajstić information content (AvgIpc) is 2.69. The fourth-order valence-corrected chi connectivity index (χ4v) is 2.52. The molecule has 2 aromatic rings. The lowest BCUT2D eigenvalue weighted by Gasteiger charge is -2.19. The summed E-state index contributed by atoms with van der Waals surface area (Å²) in [5, 5.41) is 5.63. The monoisotopic (exact) mass is 372 g/mol. The first kappa shape index (κ1) is 20.5. The van der Waals surface area contributed by atoms with E-state index < -0.39 is 0 Å². The van der Waals surface area contributed by atoms with Crippen molar-refractivity contribution in [1.29, 1.82) is 0 Å². The minimum absolute atomic E-state index is 0.281. The maximum atomic E-state index is 12.1. The number of rotatable bonds is 10. The van der Waals surface area contributed by atoms with Crippen LogP contribution in [0.15, 0.2) is 42.6 Å². The van der Waals surface area contributed by atoms with Crippen LogP contribution in [0.5, 0.6) is 5.75 Å². The molecule has 2 rings (SSSR count). The van der Waals surface area contributed by atoms with Crippen molar-refractivity contribution in [1.82, 2.24) is 10.3 Å². The Hall–Kier alpha value is -2.80. The minimum Gasteiger partial charge on any atom is -0.491 e. The molecular weight excluding hydrogens is 344 g/mol. The van der Waals surface area contributed by atoms with Gasteiger partial charge in [0.2, 0.25) is 0 Å². The van der Waals surface area contributed by atoms with Crippen LogP contribution in [0, 0.1) is 0 Å². The molecule has 0 saturated heterocycles. The number of nitrogens with one attached hydrogen (secondary N) is 2. The summed E-state index contributed by atoms with van der Waals surface area (Å²) in [7, 11) is 1.62. The zero-order chi connectivity index (χ0) is 19.5. The van der Waals surface area contributed by atoms with E-state index in [-0.39, 0.29) is 6.03 Å². The van der Waals surface area contributed by atoms with Crippen molar-refractivity contribution in [2.24, 2.45) is 0 Å². The summed E-state index contributed by atoms with van der Waals surface area (Å²) in [5.41, 5.74) is 1.61. The fraction of sp³-hybridized carbons (Fsp3) is 0.400. The van der Waals surface area contributed by atoms with E-state index in [0.29, 0.717) is 31.2 Å². The number of methoxy groups -OCH3 is 1. The Balaban J connectivity index is 1.83.